The average molecular weight is 290 g/mol. The van der Waals surface area contributed by atoms with Crippen LogP contribution < -0.4 is 0 Å². The Morgan fingerprint density at radius 3 is 2.57 bits per heavy atom. The summed E-state index contributed by atoms with van der Waals surface area (Å²) >= 11 is 0. The highest BCUT2D eigenvalue weighted by molar-refractivity contribution is 5.18. The predicted octanol–water partition coefficient (Wildman–Crippen LogP) is 5.81. The van der Waals surface area contributed by atoms with Crippen molar-refractivity contribution in [3.8, 4) is 0 Å². The van der Waals surface area contributed by atoms with E-state index in [0.29, 0.717) is 11.8 Å². The fourth-order valence-corrected chi connectivity index (χ4v) is 2.89. The van der Waals surface area contributed by atoms with Crippen molar-refractivity contribution >= 4 is 0 Å². The lowest BCUT2D eigenvalue weighted by atomic mass is 9.84. The van der Waals surface area contributed by atoms with Crippen LogP contribution in [0.5, 0.6) is 0 Å². The maximum atomic E-state index is 10.6. The van der Waals surface area contributed by atoms with E-state index in [1.165, 1.54) is 11.1 Å². The third kappa shape index (κ3) is 7.66. The fraction of sp³-hybridized carbons (Fsp3) is 0.700. The number of aliphatic hydroxyl groups is 1. The van der Waals surface area contributed by atoms with Gasteiger partial charge in [-0.05, 0) is 71.1 Å². The molecule has 0 fully saturated rings. The van der Waals surface area contributed by atoms with Crippen LogP contribution in [0.4, 0.5) is 0 Å². The van der Waals surface area contributed by atoms with Crippen molar-refractivity contribution in [3.05, 3.63) is 35.5 Å². The Hall–Kier alpha value is -0.820. The van der Waals surface area contributed by atoms with Gasteiger partial charge >= 0.3 is 0 Å². The molecule has 0 aliphatic heterocycles. The van der Waals surface area contributed by atoms with Gasteiger partial charge < -0.3 is 5.11 Å². The van der Waals surface area contributed by atoms with Crippen LogP contribution in [-0.4, -0.2) is 10.7 Å². The van der Waals surface area contributed by atoms with Gasteiger partial charge in [0, 0.05) is 0 Å². The van der Waals surface area contributed by atoms with Gasteiger partial charge in [0.15, 0.2) is 0 Å². The number of hydrogen-bond donors (Lipinski definition) is 1. The SMILES string of the molecule is CC1=C/C/C=C(/C)CCCC(C)(O)CCC(C(C)C)/C=C\1. The number of hydrogen-bond acceptors (Lipinski definition) is 1. The number of allylic oxidation sites excluding steroid dienone is 6. The molecule has 1 heteroatoms. The van der Waals surface area contributed by atoms with Crippen LogP contribution in [0.1, 0.15) is 73.1 Å². The average Bonchev–Trinajstić information content (AvgIpc) is 2.37. The van der Waals surface area contributed by atoms with E-state index < -0.39 is 5.60 Å². The molecule has 0 aromatic carbocycles. The molecule has 0 aromatic rings. The Bertz CT molecular complexity index is 396. The molecule has 1 nitrogen and oxygen atoms in total. The topological polar surface area (TPSA) is 20.2 Å². The van der Waals surface area contributed by atoms with E-state index in [1.54, 1.807) is 0 Å². The van der Waals surface area contributed by atoms with Crippen LogP contribution in [0, 0.1) is 11.8 Å². The summed E-state index contributed by atoms with van der Waals surface area (Å²) in [5.41, 5.74) is 2.26. The Morgan fingerprint density at radius 2 is 1.90 bits per heavy atom. The van der Waals surface area contributed by atoms with Crippen molar-refractivity contribution in [1.82, 2.24) is 0 Å². The minimum absolute atomic E-state index is 0.518. The van der Waals surface area contributed by atoms with E-state index in [9.17, 15) is 5.11 Å². The molecular weight excluding hydrogens is 256 g/mol. The molecule has 2 atom stereocenters. The second kappa shape index (κ2) is 8.58. The van der Waals surface area contributed by atoms with Gasteiger partial charge in [0.1, 0.15) is 0 Å². The van der Waals surface area contributed by atoms with Gasteiger partial charge in [-0.2, -0.15) is 0 Å². The van der Waals surface area contributed by atoms with E-state index in [0.717, 1.165) is 38.5 Å². The molecule has 0 spiro atoms. The monoisotopic (exact) mass is 290 g/mol. The Balaban J connectivity index is 2.87. The molecule has 0 heterocycles. The van der Waals surface area contributed by atoms with E-state index in [2.05, 4.69) is 52.0 Å². The quantitative estimate of drug-likeness (QED) is 0.604. The van der Waals surface area contributed by atoms with Crippen molar-refractivity contribution in [3.63, 3.8) is 0 Å². The molecule has 0 aromatic heterocycles. The second-order valence-electron chi connectivity index (χ2n) is 7.39. The summed E-state index contributed by atoms with van der Waals surface area (Å²) in [7, 11) is 0. The number of rotatable bonds is 1. The van der Waals surface area contributed by atoms with Gasteiger partial charge in [-0.15, -0.1) is 0 Å². The normalized spacial score (nSPS) is 36.2. The van der Waals surface area contributed by atoms with Gasteiger partial charge in [-0.3, -0.25) is 0 Å². The summed E-state index contributed by atoms with van der Waals surface area (Å²) in [6.45, 7) is 10.9. The molecular formula is C20H34O. The first-order valence-corrected chi connectivity index (χ1v) is 8.53. The smallest absolute Gasteiger partial charge is 0.0620 e. The Labute approximate surface area is 131 Å². The van der Waals surface area contributed by atoms with Gasteiger partial charge in [-0.25, -0.2) is 0 Å². The molecule has 21 heavy (non-hydrogen) atoms. The third-order valence-electron chi connectivity index (χ3n) is 4.67. The van der Waals surface area contributed by atoms with E-state index in [-0.39, 0.29) is 0 Å². The standard InChI is InChI=1S/C20H34O/c1-16(2)19-12-11-18(4)9-6-8-17(3)10-7-14-20(5,21)15-13-19/h8-9,11-12,16,19,21H,6-7,10,13-15H2,1-5H3/b12-11-,17-8-,18-9-. The molecule has 1 N–H and O–H groups in total. The lowest BCUT2D eigenvalue weighted by molar-refractivity contribution is 0.0337. The minimum atomic E-state index is -0.518. The lowest BCUT2D eigenvalue weighted by Crippen LogP contribution is -2.25. The van der Waals surface area contributed by atoms with E-state index in [1.807, 2.05) is 6.92 Å². The molecule has 1 aliphatic carbocycles. The second-order valence-corrected chi connectivity index (χ2v) is 7.39. The van der Waals surface area contributed by atoms with Gasteiger partial charge in [0.2, 0.25) is 0 Å². The maximum absolute atomic E-state index is 10.6. The molecule has 2 unspecified atom stereocenters. The molecule has 0 bridgehead atoms. The van der Waals surface area contributed by atoms with Gasteiger partial charge in [0.05, 0.1) is 5.60 Å². The fourth-order valence-electron chi connectivity index (χ4n) is 2.89. The van der Waals surface area contributed by atoms with Crippen molar-refractivity contribution < 1.29 is 5.11 Å². The van der Waals surface area contributed by atoms with Gasteiger partial charge in [0.25, 0.3) is 0 Å². The zero-order valence-electron chi connectivity index (χ0n) is 14.7. The summed E-state index contributed by atoms with van der Waals surface area (Å²) in [6.07, 6.45) is 15.3. The Morgan fingerprint density at radius 1 is 1.19 bits per heavy atom. The first kappa shape index (κ1) is 18.2. The predicted molar refractivity (Wildman–Crippen MR) is 93.3 cm³/mol. The lowest BCUT2D eigenvalue weighted by Gasteiger charge is -2.27. The minimum Gasteiger partial charge on any atom is -0.390 e. The van der Waals surface area contributed by atoms with Crippen LogP contribution >= 0.6 is 0 Å². The van der Waals surface area contributed by atoms with Crippen LogP contribution in [-0.2, 0) is 0 Å². The van der Waals surface area contributed by atoms with Crippen LogP contribution in [0.25, 0.3) is 0 Å². The molecule has 1 aliphatic rings. The van der Waals surface area contributed by atoms with Crippen molar-refractivity contribution in [2.75, 3.05) is 0 Å². The highest BCUT2D eigenvalue weighted by Gasteiger charge is 2.22. The highest BCUT2D eigenvalue weighted by atomic mass is 16.3. The highest BCUT2D eigenvalue weighted by Crippen LogP contribution is 2.27. The molecule has 0 saturated heterocycles. The van der Waals surface area contributed by atoms with Crippen LogP contribution in [0.3, 0.4) is 0 Å². The maximum Gasteiger partial charge on any atom is 0.0620 e. The first-order chi connectivity index (χ1) is 9.80. The van der Waals surface area contributed by atoms with E-state index in [4.69, 9.17) is 0 Å². The van der Waals surface area contributed by atoms with Crippen LogP contribution in [0.15, 0.2) is 35.5 Å². The summed E-state index contributed by atoms with van der Waals surface area (Å²) < 4.78 is 0. The molecule has 0 saturated carbocycles. The van der Waals surface area contributed by atoms with Crippen LogP contribution in [0.2, 0.25) is 0 Å². The summed E-state index contributed by atoms with van der Waals surface area (Å²) in [5.74, 6) is 1.18. The van der Waals surface area contributed by atoms with E-state index >= 15 is 0 Å². The molecule has 120 valence electrons. The van der Waals surface area contributed by atoms with Crippen molar-refractivity contribution in [1.29, 1.82) is 0 Å². The van der Waals surface area contributed by atoms with Crippen molar-refractivity contribution in [2.45, 2.75) is 78.7 Å². The first-order valence-electron chi connectivity index (χ1n) is 8.53. The zero-order valence-corrected chi connectivity index (χ0v) is 14.7. The van der Waals surface area contributed by atoms with Crippen molar-refractivity contribution in [2.24, 2.45) is 11.8 Å². The largest absolute Gasteiger partial charge is 0.390 e. The molecule has 0 radical (unpaired) electrons. The summed E-state index contributed by atoms with van der Waals surface area (Å²) in [6, 6.07) is 0. The zero-order chi connectivity index (χ0) is 15.9. The molecule has 0 amide bonds. The van der Waals surface area contributed by atoms with Gasteiger partial charge in [-0.1, -0.05) is 49.3 Å². The Kier molecular flexibility index (Phi) is 7.45. The molecule has 1 rings (SSSR count). The summed E-state index contributed by atoms with van der Waals surface area (Å²) in [5, 5.41) is 10.6. The third-order valence-corrected chi connectivity index (χ3v) is 4.67. The summed E-state index contributed by atoms with van der Waals surface area (Å²) in [4.78, 5) is 0.